The van der Waals surface area contributed by atoms with Crippen LogP contribution in [0.15, 0.2) is 23.1 Å². The van der Waals surface area contributed by atoms with Gasteiger partial charge in [0.2, 0.25) is 21.8 Å². The normalized spacial score (nSPS) is 15.0. The molecule has 0 aromatic heterocycles. The second-order valence-corrected chi connectivity index (χ2v) is 7.88. The van der Waals surface area contributed by atoms with Crippen LogP contribution in [-0.2, 0) is 19.6 Å². The van der Waals surface area contributed by atoms with Crippen LogP contribution in [0.5, 0.6) is 0 Å². The number of sulfonamides is 1. The number of nitrogens with one attached hydrogen (secondary N) is 2. The monoisotopic (exact) mass is 404 g/mol. The standard InChI is InChI=1S/C16H24N4O4S.ClH/c1-12-5-6-13(19-16(22)11-18-15(21)10-17)9-14(12)25(23,24)20-7-3-2-4-8-20;/h5-6,9H,2-4,7-8,10-11,17H2,1H3,(H,18,21)(H,19,22);1H. The Labute approximate surface area is 160 Å². The summed E-state index contributed by atoms with van der Waals surface area (Å²) in [7, 11) is -3.58. The fourth-order valence-electron chi connectivity index (χ4n) is 2.66. The smallest absolute Gasteiger partial charge is 0.243 e. The van der Waals surface area contributed by atoms with Gasteiger partial charge in [0.05, 0.1) is 18.0 Å². The molecule has 0 aliphatic carbocycles. The summed E-state index contributed by atoms with van der Waals surface area (Å²) in [5.74, 6) is -0.889. The maximum absolute atomic E-state index is 12.8. The van der Waals surface area contributed by atoms with Gasteiger partial charge in [-0.1, -0.05) is 12.5 Å². The van der Waals surface area contributed by atoms with Gasteiger partial charge in [-0.25, -0.2) is 8.42 Å². The number of carbonyl (C=O) groups excluding carboxylic acids is 2. The lowest BCUT2D eigenvalue weighted by Crippen LogP contribution is -2.37. The Balaban J connectivity index is 0.00000338. The molecule has 10 heteroatoms. The summed E-state index contributed by atoms with van der Waals surface area (Å²) in [6.45, 7) is 2.34. The zero-order valence-electron chi connectivity index (χ0n) is 14.7. The zero-order chi connectivity index (χ0) is 18.4. The molecule has 1 heterocycles. The number of anilines is 1. The number of halogens is 1. The molecule has 0 bridgehead atoms. The number of aryl methyl sites for hydroxylation is 1. The Bertz CT molecular complexity index is 749. The van der Waals surface area contributed by atoms with Gasteiger partial charge in [-0.05, 0) is 37.5 Å². The first-order valence-corrected chi connectivity index (χ1v) is 9.66. The van der Waals surface area contributed by atoms with Gasteiger partial charge < -0.3 is 16.4 Å². The highest BCUT2D eigenvalue weighted by Crippen LogP contribution is 2.25. The highest BCUT2D eigenvalue weighted by Gasteiger charge is 2.27. The molecule has 8 nitrogen and oxygen atoms in total. The topological polar surface area (TPSA) is 122 Å². The number of amides is 2. The van der Waals surface area contributed by atoms with Crippen molar-refractivity contribution in [2.45, 2.75) is 31.1 Å². The van der Waals surface area contributed by atoms with E-state index in [1.807, 2.05) is 0 Å². The van der Waals surface area contributed by atoms with Crippen LogP contribution < -0.4 is 16.4 Å². The Morgan fingerprint density at radius 3 is 2.42 bits per heavy atom. The lowest BCUT2D eigenvalue weighted by molar-refractivity contribution is -0.123. The summed E-state index contributed by atoms with van der Waals surface area (Å²) in [6.07, 6.45) is 2.75. The van der Waals surface area contributed by atoms with E-state index in [1.54, 1.807) is 19.1 Å². The first kappa shape index (κ1) is 22.4. The molecule has 0 spiro atoms. The Kier molecular flexibility index (Phi) is 8.48. The Morgan fingerprint density at radius 1 is 1.15 bits per heavy atom. The average Bonchev–Trinajstić information content (AvgIpc) is 2.61. The molecule has 0 saturated carbocycles. The molecule has 1 aliphatic heterocycles. The van der Waals surface area contributed by atoms with E-state index in [2.05, 4.69) is 10.6 Å². The lowest BCUT2D eigenvalue weighted by atomic mass is 10.2. The van der Waals surface area contributed by atoms with E-state index in [0.717, 1.165) is 19.3 Å². The van der Waals surface area contributed by atoms with Gasteiger partial charge >= 0.3 is 0 Å². The molecule has 2 rings (SSSR count). The van der Waals surface area contributed by atoms with Crippen LogP contribution in [0, 0.1) is 6.92 Å². The molecule has 0 radical (unpaired) electrons. The molecular formula is C16H25ClN4O4S. The molecule has 1 aliphatic rings. The number of piperidine rings is 1. The van der Waals surface area contributed by atoms with E-state index in [9.17, 15) is 18.0 Å². The third kappa shape index (κ3) is 5.66. The van der Waals surface area contributed by atoms with E-state index in [-0.39, 0.29) is 30.4 Å². The van der Waals surface area contributed by atoms with Crippen LogP contribution in [0.1, 0.15) is 24.8 Å². The summed E-state index contributed by atoms with van der Waals surface area (Å²) >= 11 is 0. The molecule has 26 heavy (non-hydrogen) atoms. The van der Waals surface area contributed by atoms with E-state index in [0.29, 0.717) is 24.3 Å². The van der Waals surface area contributed by atoms with Gasteiger partial charge in [-0.15, -0.1) is 12.4 Å². The first-order chi connectivity index (χ1) is 11.8. The maximum atomic E-state index is 12.8. The van der Waals surface area contributed by atoms with Crippen molar-refractivity contribution in [2.75, 3.05) is 31.5 Å². The SMILES string of the molecule is Cc1ccc(NC(=O)CNC(=O)CN)cc1S(=O)(=O)N1CCCCC1.Cl. The molecule has 2 amide bonds. The van der Waals surface area contributed by atoms with Gasteiger partial charge in [-0.3, -0.25) is 9.59 Å². The molecule has 4 N–H and O–H groups in total. The number of benzene rings is 1. The van der Waals surface area contributed by atoms with Crippen LogP contribution in [0.3, 0.4) is 0 Å². The van der Waals surface area contributed by atoms with E-state index < -0.39 is 21.8 Å². The molecule has 146 valence electrons. The Morgan fingerprint density at radius 2 is 1.81 bits per heavy atom. The summed E-state index contributed by atoms with van der Waals surface area (Å²) < 4.78 is 27.2. The number of nitrogens with zero attached hydrogens (tertiary/aromatic N) is 1. The molecule has 1 aromatic rings. The van der Waals surface area contributed by atoms with Crippen LogP contribution in [-0.4, -0.2) is 50.7 Å². The highest BCUT2D eigenvalue weighted by molar-refractivity contribution is 7.89. The number of rotatable bonds is 6. The molecular weight excluding hydrogens is 380 g/mol. The van der Waals surface area contributed by atoms with Gasteiger partial charge in [0.15, 0.2) is 0 Å². The summed E-state index contributed by atoms with van der Waals surface area (Å²) in [4.78, 5) is 23.1. The van der Waals surface area contributed by atoms with Crippen molar-refractivity contribution in [3.05, 3.63) is 23.8 Å². The first-order valence-electron chi connectivity index (χ1n) is 8.22. The lowest BCUT2D eigenvalue weighted by Gasteiger charge is -2.26. The second-order valence-electron chi connectivity index (χ2n) is 5.97. The van der Waals surface area contributed by atoms with E-state index >= 15 is 0 Å². The number of hydrogen-bond acceptors (Lipinski definition) is 5. The predicted molar refractivity (Wildman–Crippen MR) is 102 cm³/mol. The van der Waals surface area contributed by atoms with Gasteiger partial charge in [0.25, 0.3) is 0 Å². The minimum absolute atomic E-state index is 0. The fraction of sp³-hybridized carbons (Fsp3) is 0.500. The van der Waals surface area contributed by atoms with Crippen LogP contribution >= 0.6 is 12.4 Å². The van der Waals surface area contributed by atoms with Crippen molar-refractivity contribution in [2.24, 2.45) is 5.73 Å². The van der Waals surface area contributed by atoms with Crippen molar-refractivity contribution in [3.63, 3.8) is 0 Å². The van der Waals surface area contributed by atoms with Crippen molar-refractivity contribution >= 4 is 39.9 Å². The number of carbonyl (C=O) groups is 2. The molecule has 1 fully saturated rings. The maximum Gasteiger partial charge on any atom is 0.243 e. The van der Waals surface area contributed by atoms with Crippen LogP contribution in [0.2, 0.25) is 0 Å². The Hall–Kier alpha value is -1.68. The van der Waals surface area contributed by atoms with Crippen LogP contribution in [0.4, 0.5) is 5.69 Å². The molecule has 0 atom stereocenters. The van der Waals surface area contributed by atoms with Crippen molar-refractivity contribution in [3.8, 4) is 0 Å². The number of nitrogens with two attached hydrogens (primary N) is 1. The summed E-state index contributed by atoms with van der Waals surface area (Å²) in [5.41, 5.74) is 6.14. The molecule has 1 aromatic carbocycles. The molecule has 1 saturated heterocycles. The van der Waals surface area contributed by atoms with E-state index in [1.165, 1.54) is 10.4 Å². The zero-order valence-corrected chi connectivity index (χ0v) is 16.3. The number of hydrogen-bond donors (Lipinski definition) is 3. The van der Waals surface area contributed by atoms with Gasteiger partial charge in [0, 0.05) is 18.8 Å². The summed E-state index contributed by atoms with van der Waals surface area (Å²) in [6, 6.07) is 4.75. The van der Waals surface area contributed by atoms with Crippen LogP contribution in [0.25, 0.3) is 0 Å². The molecule has 0 unspecified atom stereocenters. The third-order valence-electron chi connectivity index (χ3n) is 4.04. The third-order valence-corrected chi connectivity index (χ3v) is 6.08. The quantitative estimate of drug-likeness (QED) is 0.641. The predicted octanol–water partition coefficient (Wildman–Crippen LogP) is 0.605. The van der Waals surface area contributed by atoms with Gasteiger partial charge in [-0.2, -0.15) is 4.31 Å². The average molecular weight is 405 g/mol. The second kappa shape index (κ2) is 9.86. The minimum atomic E-state index is -3.58. The summed E-state index contributed by atoms with van der Waals surface area (Å²) in [5, 5.41) is 4.94. The van der Waals surface area contributed by atoms with Gasteiger partial charge in [0.1, 0.15) is 0 Å². The van der Waals surface area contributed by atoms with Crippen molar-refractivity contribution < 1.29 is 18.0 Å². The van der Waals surface area contributed by atoms with E-state index in [4.69, 9.17) is 5.73 Å². The highest BCUT2D eigenvalue weighted by atomic mass is 35.5. The van der Waals surface area contributed by atoms with Crippen molar-refractivity contribution in [1.29, 1.82) is 0 Å². The van der Waals surface area contributed by atoms with Crippen molar-refractivity contribution in [1.82, 2.24) is 9.62 Å². The minimum Gasteiger partial charge on any atom is -0.346 e. The fourth-order valence-corrected chi connectivity index (χ4v) is 4.42. The largest absolute Gasteiger partial charge is 0.346 e.